The Morgan fingerprint density at radius 3 is 2.56 bits per heavy atom. The second-order valence-corrected chi connectivity index (χ2v) is 8.18. The van der Waals surface area contributed by atoms with Crippen LogP contribution in [-0.4, -0.2) is 56.3 Å². The van der Waals surface area contributed by atoms with E-state index in [1.165, 1.54) is 26.0 Å². The van der Waals surface area contributed by atoms with Crippen LogP contribution in [-0.2, 0) is 19.1 Å². The predicted molar refractivity (Wildman–Crippen MR) is 95.3 cm³/mol. The SMILES string of the molecule is C=C1C(=O)O[C@H]2[C@H]1[C@H](OC(=O)/C(C)=C\C)C[C@](C)(O)[C@@]1(O)C=C[C@](C)(O)[C@H]21. The van der Waals surface area contributed by atoms with E-state index < -0.39 is 52.8 Å². The van der Waals surface area contributed by atoms with Gasteiger partial charge in [-0.05, 0) is 27.7 Å². The number of allylic oxidation sites excluding steroid dienone is 1. The number of hydrogen-bond donors (Lipinski definition) is 3. The first kappa shape index (κ1) is 19.8. The van der Waals surface area contributed by atoms with Gasteiger partial charge in [-0.15, -0.1) is 0 Å². The molecule has 3 N–H and O–H groups in total. The fourth-order valence-corrected chi connectivity index (χ4v) is 4.51. The van der Waals surface area contributed by atoms with Crippen molar-refractivity contribution >= 4 is 11.9 Å². The van der Waals surface area contributed by atoms with Crippen molar-refractivity contribution in [3.8, 4) is 0 Å². The summed E-state index contributed by atoms with van der Waals surface area (Å²) in [7, 11) is 0. The summed E-state index contributed by atoms with van der Waals surface area (Å²) in [5.74, 6) is -3.09. The van der Waals surface area contributed by atoms with Crippen molar-refractivity contribution in [3.63, 3.8) is 0 Å². The maximum absolute atomic E-state index is 12.3. The lowest BCUT2D eigenvalue weighted by atomic mass is 9.70. The predicted octanol–water partition coefficient (Wildman–Crippen LogP) is 0.785. The van der Waals surface area contributed by atoms with Crippen molar-refractivity contribution < 1.29 is 34.4 Å². The van der Waals surface area contributed by atoms with E-state index in [-0.39, 0.29) is 12.0 Å². The van der Waals surface area contributed by atoms with Crippen molar-refractivity contribution in [1.82, 2.24) is 0 Å². The number of carbonyl (C=O) groups is 2. The van der Waals surface area contributed by atoms with Crippen molar-refractivity contribution in [3.05, 3.63) is 36.0 Å². The summed E-state index contributed by atoms with van der Waals surface area (Å²) >= 11 is 0. The highest BCUT2D eigenvalue weighted by Gasteiger charge is 2.69. The van der Waals surface area contributed by atoms with Crippen LogP contribution in [0.15, 0.2) is 36.0 Å². The van der Waals surface area contributed by atoms with E-state index in [1.807, 2.05) is 0 Å². The molecule has 3 rings (SSSR count). The Bertz CT molecular complexity index is 760. The van der Waals surface area contributed by atoms with E-state index in [2.05, 4.69) is 6.58 Å². The summed E-state index contributed by atoms with van der Waals surface area (Å²) in [4.78, 5) is 24.6. The molecule has 0 spiro atoms. The second kappa shape index (κ2) is 6.02. The number of rotatable bonds is 2. The van der Waals surface area contributed by atoms with Gasteiger partial charge in [0.05, 0.1) is 23.0 Å². The van der Waals surface area contributed by atoms with Crippen LogP contribution in [0.5, 0.6) is 0 Å². The molecule has 1 saturated carbocycles. The zero-order valence-corrected chi connectivity index (χ0v) is 15.9. The molecule has 1 saturated heterocycles. The summed E-state index contributed by atoms with van der Waals surface area (Å²) < 4.78 is 11.0. The van der Waals surface area contributed by atoms with Crippen LogP contribution in [0.1, 0.15) is 34.1 Å². The molecule has 27 heavy (non-hydrogen) atoms. The van der Waals surface area contributed by atoms with Crippen LogP contribution in [0.25, 0.3) is 0 Å². The topological polar surface area (TPSA) is 113 Å². The number of esters is 2. The smallest absolute Gasteiger partial charge is 0.334 e. The average molecular weight is 378 g/mol. The van der Waals surface area contributed by atoms with E-state index in [0.717, 1.165) is 0 Å². The van der Waals surface area contributed by atoms with Crippen molar-refractivity contribution in [1.29, 1.82) is 0 Å². The molecule has 2 fully saturated rings. The molecule has 1 aliphatic heterocycles. The molecule has 0 aromatic rings. The van der Waals surface area contributed by atoms with Crippen molar-refractivity contribution in [2.45, 2.75) is 63.1 Å². The maximum Gasteiger partial charge on any atom is 0.334 e. The molecule has 0 bridgehead atoms. The van der Waals surface area contributed by atoms with Crippen LogP contribution in [0.3, 0.4) is 0 Å². The Balaban J connectivity index is 2.11. The molecule has 0 radical (unpaired) electrons. The van der Waals surface area contributed by atoms with Gasteiger partial charge in [-0.2, -0.15) is 0 Å². The van der Waals surface area contributed by atoms with Gasteiger partial charge in [-0.25, -0.2) is 9.59 Å². The normalized spacial score (nSPS) is 46.6. The molecule has 7 heteroatoms. The highest BCUT2D eigenvalue weighted by molar-refractivity contribution is 5.92. The zero-order valence-electron chi connectivity index (χ0n) is 15.9. The second-order valence-electron chi connectivity index (χ2n) is 8.18. The summed E-state index contributed by atoms with van der Waals surface area (Å²) in [6, 6.07) is 0. The summed E-state index contributed by atoms with van der Waals surface area (Å²) in [6.07, 6.45) is 2.22. The van der Waals surface area contributed by atoms with Crippen LogP contribution in [0.2, 0.25) is 0 Å². The highest BCUT2D eigenvalue weighted by Crippen LogP contribution is 2.55. The molecule has 148 valence electrons. The Labute approximate surface area is 158 Å². The summed E-state index contributed by atoms with van der Waals surface area (Å²) in [6.45, 7) is 9.95. The number of hydrogen-bond acceptors (Lipinski definition) is 7. The number of carbonyl (C=O) groups excluding carboxylic acids is 2. The number of fused-ring (bicyclic) bond motifs is 3. The standard InChI is InChI=1S/C20H26O7/c1-6-10(2)16(21)26-12-9-19(5,24)20(25)8-7-18(4,23)15(20)14-13(12)11(3)17(22)27-14/h6-8,12-15,23-25H,3,9H2,1-2,4-5H3/b10-6-/t12-,13-,14+,15+,18+,19+,20-/m1/s1. The minimum Gasteiger partial charge on any atom is -0.458 e. The van der Waals surface area contributed by atoms with Gasteiger partial charge in [0.15, 0.2) is 0 Å². The van der Waals surface area contributed by atoms with Gasteiger partial charge >= 0.3 is 11.9 Å². The molecule has 1 heterocycles. The van der Waals surface area contributed by atoms with Crippen LogP contribution in [0, 0.1) is 11.8 Å². The Kier molecular flexibility index (Phi) is 4.41. The summed E-state index contributed by atoms with van der Waals surface area (Å²) in [5.41, 5.74) is -4.69. The molecule has 7 nitrogen and oxygen atoms in total. The van der Waals surface area contributed by atoms with Crippen molar-refractivity contribution in [2.75, 3.05) is 0 Å². The van der Waals surface area contributed by atoms with Gasteiger partial charge in [0, 0.05) is 17.6 Å². The lowest BCUT2D eigenvalue weighted by Crippen LogP contribution is -2.60. The molecule has 0 aromatic carbocycles. The third-order valence-electron chi connectivity index (χ3n) is 6.24. The Morgan fingerprint density at radius 2 is 1.96 bits per heavy atom. The van der Waals surface area contributed by atoms with E-state index in [0.29, 0.717) is 5.57 Å². The van der Waals surface area contributed by atoms with E-state index in [9.17, 15) is 24.9 Å². The molecular formula is C20H26O7. The molecule has 2 aliphatic carbocycles. The fourth-order valence-electron chi connectivity index (χ4n) is 4.51. The minimum atomic E-state index is -1.87. The zero-order chi connectivity index (χ0) is 20.4. The summed E-state index contributed by atoms with van der Waals surface area (Å²) in [5, 5.41) is 33.3. The number of aliphatic hydroxyl groups is 3. The monoisotopic (exact) mass is 378 g/mol. The van der Waals surface area contributed by atoms with Gasteiger partial charge in [0.1, 0.15) is 17.8 Å². The first-order valence-corrected chi connectivity index (χ1v) is 8.97. The van der Waals surface area contributed by atoms with Crippen LogP contribution >= 0.6 is 0 Å². The average Bonchev–Trinajstić information content (AvgIpc) is 2.96. The lowest BCUT2D eigenvalue weighted by Gasteiger charge is -2.44. The fraction of sp³-hybridized carbons (Fsp3) is 0.600. The molecular weight excluding hydrogens is 352 g/mol. The van der Waals surface area contributed by atoms with E-state index >= 15 is 0 Å². The van der Waals surface area contributed by atoms with Gasteiger partial charge in [0.25, 0.3) is 0 Å². The third kappa shape index (κ3) is 2.76. The van der Waals surface area contributed by atoms with Crippen molar-refractivity contribution in [2.24, 2.45) is 11.8 Å². The Hall–Kier alpha value is -1.96. The van der Waals surface area contributed by atoms with Gasteiger partial charge in [0.2, 0.25) is 0 Å². The largest absolute Gasteiger partial charge is 0.458 e. The highest BCUT2D eigenvalue weighted by atomic mass is 16.6. The molecule has 0 amide bonds. The minimum absolute atomic E-state index is 0.0960. The maximum atomic E-state index is 12.3. The molecule has 0 unspecified atom stereocenters. The number of ether oxygens (including phenoxy) is 2. The van der Waals surface area contributed by atoms with Gasteiger partial charge in [-0.1, -0.05) is 24.8 Å². The van der Waals surface area contributed by atoms with E-state index in [1.54, 1.807) is 19.9 Å². The quantitative estimate of drug-likeness (QED) is 0.370. The van der Waals surface area contributed by atoms with Crippen LogP contribution < -0.4 is 0 Å². The first-order chi connectivity index (χ1) is 12.4. The third-order valence-corrected chi connectivity index (χ3v) is 6.24. The van der Waals surface area contributed by atoms with Gasteiger partial charge in [-0.3, -0.25) is 0 Å². The van der Waals surface area contributed by atoms with Crippen LogP contribution in [0.4, 0.5) is 0 Å². The molecule has 7 atom stereocenters. The first-order valence-electron chi connectivity index (χ1n) is 8.97. The molecule has 0 aromatic heterocycles. The van der Waals surface area contributed by atoms with E-state index in [4.69, 9.17) is 9.47 Å². The lowest BCUT2D eigenvalue weighted by molar-refractivity contribution is -0.190. The molecule has 3 aliphatic rings. The Morgan fingerprint density at radius 1 is 1.33 bits per heavy atom. The van der Waals surface area contributed by atoms with Gasteiger partial charge < -0.3 is 24.8 Å².